The van der Waals surface area contributed by atoms with Gasteiger partial charge in [0.1, 0.15) is 23.0 Å². The first-order chi connectivity index (χ1) is 13.1. The van der Waals surface area contributed by atoms with Gasteiger partial charge < -0.3 is 14.2 Å². The van der Waals surface area contributed by atoms with Gasteiger partial charge in [-0.25, -0.2) is 9.78 Å². The Balaban J connectivity index is 1.50. The molecule has 1 saturated heterocycles. The van der Waals surface area contributed by atoms with Crippen molar-refractivity contribution in [2.24, 2.45) is 0 Å². The van der Waals surface area contributed by atoms with Crippen molar-refractivity contribution in [1.82, 2.24) is 4.98 Å². The summed E-state index contributed by atoms with van der Waals surface area (Å²) in [6.07, 6.45) is 1.35. The predicted octanol–water partition coefficient (Wildman–Crippen LogP) is 2.96. The molecule has 1 aromatic carbocycles. The smallest absolute Gasteiger partial charge is 0.416 e. The highest BCUT2D eigenvalue weighted by molar-refractivity contribution is 9.10. The molecule has 2 atom stereocenters. The second-order valence-corrected chi connectivity index (χ2v) is 7.06. The molecule has 1 aliphatic rings. The Labute approximate surface area is 165 Å². The van der Waals surface area contributed by atoms with E-state index in [-0.39, 0.29) is 23.5 Å². The second-order valence-electron chi connectivity index (χ2n) is 5.95. The number of aromatic nitrogens is 1. The zero-order valence-electron chi connectivity index (χ0n) is 14.7. The van der Waals surface area contributed by atoms with E-state index < -0.39 is 6.09 Å². The Morgan fingerprint density at radius 2 is 2.11 bits per heavy atom. The zero-order valence-corrected chi connectivity index (χ0v) is 16.3. The van der Waals surface area contributed by atoms with Crippen LogP contribution in [0.1, 0.15) is 5.56 Å². The number of hydrogen-bond acceptors (Lipinski definition) is 6. The summed E-state index contributed by atoms with van der Waals surface area (Å²) in [6.45, 7) is 0.635. The number of ether oxygens (including phenoxy) is 3. The number of cyclic esters (lactones) is 1. The molecule has 27 heavy (non-hydrogen) atoms. The summed E-state index contributed by atoms with van der Waals surface area (Å²) >= 11 is 3.30. The van der Waals surface area contributed by atoms with Gasteiger partial charge in [-0.2, -0.15) is 0 Å². The SMILES string of the molecule is COC(=O)C(Br)Cc1ccc(OCC2CN(c3ccccn3)C(=O)O2)cc1. The van der Waals surface area contributed by atoms with Crippen molar-refractivity contribution < 1.29 is 23.8 Å². The van der Waals surface area contributed by atoms with Gasteiger partial charge in [0.05, 0.1) is 13.7 Å². The lowest BCUT2D eigenvalue weighted by atomic mass is 10.1. The van der Waals surface area contributed by atoms with Crippen molar-refractivity contribution in [1.29, 1.82) is 0 Å². The molecule has 0 bridgehead atoms. The average Bonchev–Trinajstić information content (AvgIpc) is 3.08. The molecule has 0 spiro atoms. The number of methoxy groups -OCH3 is 1. The number of alkyl halides is 1. The minimum atomic E-state index is -0.427. The molecule has 1 aliphatic heterocycles. The van der Waals surface area contributed by atoms with Gasteiger partial charge in [-0.1, -0.05) is 34.1 Å². The van der Waals surface area contributed by atoms with Crippen molar-refractivity contribution in [3.05, 3.63) is 54.2 Å². The van der Waals surface area contributed by atoms with Gasteiger partial charge >= 0.3 is 12.1 Å². The van der Waals surface area contributed by atoms with Crippen LogP contribution in [0, 0.1) is 0 Å². The van der Waals surface area contributed by atoms with E-state index in [1.54, 1.807) is 18.3 Å². The van der Waals surface area contributed by atoms with Gasteiger partial charge in [0.2, 0.25) is 0 Å². The first-order valence-corrected chi connectivity index (χ1v) is 9.31. The van der Waals surface area contributed by atoms with Crippen molar-refractivity contribution in [2.75, 3.05) is 25.2 Å². The maximum atomic E-state index is 12.0. The molecule has 142 valence electrons. The minimum absolute atomic E-state index is 0.248. The first kappa shape index (κ1) is 19.2. The molecule has 1 amide bonds. The Kier molecular flexibility index (Phi) is 6.28. The van der Waals surface area contributed by atoms with Gasteiger partial charge in [0.25, 0.3) is 0 Å². The van der Waals surface area contributed by atoms with Crippen molar-refractivity contribution in [2.45, 2.75) is 17.4 Å². The summed E-state index contributed by atoms with van der Waals surface area (Å²) in [6, 6.07) is 12.8. The Morgan fingerprint density at radius 1 is 1.33 bits per heavy atom. The molecule has 8 heteroatoms. The van der Waals surface area contributed by atoms with Crippen LogP contribution in [0.25, 0.3) is 0 Å². The van der Waals surface area contributed by atoms with E-state index in [1.165, 1.54) is 12.0 Å². The third-order valence-corrected chi connectivity index (χ3v) is 4.73. The van der Waals surface area contributed by atoms with E-state index in [4.69, 9.17) is 14.2 Å². The Morgan fingerprint density at radius 3 is 2.78 bits per heavy atom. The van der Waals surface area contributed by atoms with E-state index in [0.717, 1.165) is 5.56 Å². The van der Waals surface area contributed by atoms with Crippen molar-refractivity contribution >= 4 is 33.8 Å². The number of pyridine rings is 1. The summed E-state index contributed by atoms with van der Waals surface area (Å²) in [4.78, 5) is 28.7. The molecular weight excluding hydrogens is 416 g/mol. The van der Waals surface area contributed by atoms with Crippen LogP contribution in [0.15, 0.2) is 48.7 Å². The largest absolute Gasteiger partial charge is 0.490 e. The van der Waals surface area contributed by atoms with E-state index in [0.29, 0.717) is 24.5 Å². The first-order valence-electron chi connectivity index (χ1n) is 8.39. The number of halogens is 1. The van der Waals surface area contributed by atoms with Gasteiger partial charge in [-0.3, -0.25) is 9.69 Å². The highest BCUT2D eigenvalue weighted by Crippen LogP contribution is 2.21. The molecule has 0 N–H and O–H groups in total. The fourth-order valence-electron chi connectivity index (χ4n) is 2.64. The minimum Gasteiger partial charge on any atom is -0.490 e. The van der Waals surface area contributed by atoms with Crippen LogP contribution < -0.4 is 9.64 Å². The molecule has 0 saturated carbocycles. The topological polar surface area (TPSA) is 78.0 Å². The molecule has 2 aromatic rings. The summed E-state index contributed by atoms with van der Waals surface area (Å²) < 4.78 is 15.7. The van der Waals surface area contributed by atoms with Crippen LogP contribution in [0.3, 0.4) is 0 Å². The van der Waals surface area contributed by atoms with E-state index in [9.17, 15) is 9.59 Å². The predicted molar refractivity (Wildman–Crippen MR) is 102 cm³/mol. The molecule has 2 heterocycles. The third-order valence-electron chi connectivity index (χ3n) is 4.03. The number of rotatable bonds is 7. The average molecular weight is 435 g/mol. The Hall–Kier alpha value is -2.61. The number of esters is 1. The fourth-order valence-corrected chi connectivity index (χ4v) is 3.20. The number of anilines is 1. The highest BCUT2D eigenvalue weighted by Gasteiger charge is 2.33. The third kappa shape index (κ3) is 4.97. The van der Waals surface area contributed by atoms with E-state index in [1.807, 2.05) is 30.3 Å². The van der Waals surface area contributed by atoms with Crippen LogP contribution in [-0.2, 0) is 20.7 Å². The maximum absolute atomic E-state index is 12.0. The number of amides is 1. The Bertz CT molecular complexity index is 784. The van der Waals surface area contributed by atoms with Gasteiger partial charge in [-0.15, -0.1) is 0 Å². The number of hydrogen-bond donors (Lipinski definition) is 0. The maximum Gasteiger partial charge on any atom is 0.416 e. The lowest BCUT2D eigenvalue weighted by Gasteiger charge is -2.12. The van der Waals surface area contributed by atoms with Crippen LogP contribution in [0.2, 0.25) is 0 Å². The van der Waals surface area contributed by atoms with Gasteiger partial charge in [0, 0.05) is 6.20 Å². The summed E-state index contributed by atoms with van der Waals surface area (Å²) in [7, 11) is 1.36. The second kappa shape index (κ2) is 8.85. The lowest BCUT2D eigenvalue weighted by molar-refractivity contribution is -0.139. The number of carbonyl (C=O) groups excluding carboxylic acids is 2. The summed E-state index contributed by atoms with van der Waals surface area (Å²) in [5, 5.41) is 0. The van der Waals surface area contributed by atoms with Crippen molar-refractivity contribution in [3.63, 3.8) is 0 Å². The van der Waals surface area contributed by atoms with Crippen LogP contribution >= 0.6 is 15.9 Å². The molecule has 7 nitrogen and oxygen atoms in total. The normalized spacial score (nSPS) is 17.3. The molecule has 0 radical (unpaired) electrons. The summed E-state index contributed by atoms with van der Waals surface area (Å²) in [5.74, 6) is 0.912. The highest BCUT2D eigenvalue weighted by atomic mass is 79.9. The number of carbonyl (C=O) groups is 2. The monoisotopic (exact) mass is 434 g/mol. The van der Waals surface area contributed by atoms with Gasteiger partial charge in [0.15, 0.2) is 6.10 Å². The zero-order chi connectivity index (χ0) is 19.2. The van der Waals surface area contributed by atoms with Crippen molar-refractivity contribution in [3.8, 4) is 5.75 Å². The van der Waals surface area contributed by atoms with E-state index in [2.05, 4.69) is 20.9 Å². The number of benzene rings is 1. The van der Waals surface area contributed by atoms with Crippen LogP contribution in [0.4, 0.5) is 10.6 Å². The molecule has 1 aromatic heterocycles. The molecular formula is C19H19BrN2O5. The van der Waals surface area contributed by atoms with Gasteiger partial charge in [-0.05, 0) is 36.2 Å². The molecule has 2 unspecified atom stereocenters. The number of nitrogens with zero attached hydrogens (tertiary/aromatic N) is 2. The fraction of sp³-hybridized carbons (Fsp3) is 0.316. The molecule has 0 aliphatic carbocycles. The lowest BCUT2D eigenvalue weighted by Crippen LogP contribution is -2.27. The van der Waals surface area contributed by atoms with E-state index >= 15 is 0 Å². The van der Waals surface area contributed by atoms with Crippen LogP contribution in [0.5, 0.6) is 5.75 Å². The quantitative estimate of drug-likeness (QED) is 0.492. The molecule has 3 rings (SSSR count). The van der Waals surface area contributed by atoms with Crippen LogP contribution in [-0.4, -0.2) is 48.2 Å². The molecule has 1 fully saturated rings. The standard InChI is InChI=1S/C19H19BrN2O5/c1-25-18(23)16(20)10-13-5-7-14(8-6-13)26-12-15-11-22(19(24)27-15)17-4-2-3-9-21-17/h2-9,15-16H,10-12H2,1H3. The summed E-state index contributed by atoms with van der Waals surface area (Å²) in [5.41, 5.74) is 0.975.